The summed E-state index contributed by atoms with van der Waals surface area (Å²) in [6.07, 6.45) is 0.790. The number of hydrogen-bond donors (Lipinski definition) is 3. The van der Waals surface area contributed by atoms with Crippen molar-refractivity contribution in [3.8, 4) is 0 Å². The van der Waals surface area contributed by atoms with E-state index >= 15 is 0 Å². The minimum atomic E-state index is -3.66. The molecule has 0 bridgehead atoms. The van der Waals surface area contributed by atoms with E-state index in [2.05, 4.69) is 10.0 Å². The molecule has 1 aromatic rings. The largest absolute Gasteiger partial charge is 0.356 e. The molecule has 6 nitrogen and oxygen atoms in total. The minimum Gasteiger partial charge on any atom is -0.356 e. The van der Waals surface area contributed by atoms with Crippen LogP contribution in [0.15, 0.2) is 4.90 Å². The van der Waals surface area contributed by atoms with Gasteiger partial charge in [0.1, 0.15) is 0 Å². The molecule has 1 rings (SSSR count). The molecule has 0 aliphatic carbocycles. The van der Waals surface area contributed by atoms with Crippen molar-refractivity contribution in [1.82, 2.24) is 10.0 Å². The molecule has 25 heavy (non-hydrogen) atoms. The average Bonchev–Trinajstić information content (AvgIpc) is 2.50. The lowest BCUT2D eigenvalue weighted by Gasteiger charge is -2.19. The van der Waals surface area contributed by atoms with Crippen LogP contribution < -0.4 is 15.8 Å². The van der Waals surface area contributed by atoms with Gasteiger partial charge < -0.3 is 11.1 Å². The van der Waals surface area contributed by atoms with E-state index in [9.17, 15) is 13.2 Å². The maximum atomic E-state index is 12.7. The molecule has 0 spiro atoms. The van der Waals surface area contributed by atoms with Gasteiger partial charge in [-0.3, -0.25) is 4.79 Å². The Morgan fingerprint density at radius 2 is 1.44 bits per heavy atom. The van der Waals surface area contributed by atoms with Crippen molar-refractivity contribution in [2.75, 3.05) is 13.1 Å². The summed E-state index contributed by atoms with van der Waals surface area (Å²) in [5.41, 5.74) is 10.2. The predicted molar refractivity (Wildman–Crippen MR) is 101 cm³/mol. The zero-order valence-corrected chi connectivity index (χ0v) is 16.9. The first-order chi connectivity index (χ1) is 11.5. The molecule has 0 saturated heterocycles. The highest BCUT2D eigenvalue weighted by Gasteiger charge is 2.23. The third kappa shape index (κ3) is 5.52. The summed E-state index contributed by atoms with van der Waals surface area (Å²) in [5, 5.41) is 2.73. The first kappa shape index (κ1) is 21.6. The summed E-state index contributed by atoms with van der Waals surface area (Å²) in [6, 6.07) is 0.0257. The number of nitrogens with one attached hydrogen (secondary N) is 2. The van der Waals surface area contributed by atoms with Crippen LogP contribution in [0, 0.1) is 34.6 Å². The second kappa shape index (κ2) is 8.78. The second-order valence-electron chi connectivity index (χ2n) is 6.72. The third-order valence-electron chi connectivity index (χ3n) is 4.77. The molecule has 0 heterocycles. The van der Waals surface area contributed by atoms with Crippen molar-refractivity contribution in [2.45, 2.75) is 65.3 Å². The van der Waals surface area contributed by atoms with Gasteiger partial charge in [-0.25, -0.2) is 13.1 Å². The van der Waals surface area contributed by atoms with Crippen molar-refractivity contribution in [2.24, 2.45) is 5.73 Å². The van der Waals surface area contributed by atoms with Crippen molar-refractivity contribution >= 4 is 15.9 Å². The highest BCUT2D eigenvalue weighted by Crippen LogP contribution is 2.29. The Labute approximate surface area is 151 Å². The molecule has 7 heteroatoms. The fourth-order valence-corrected chi connectivity index (χ4v) is 4.39. The number of carbonyl (C=O) groups is 1. The molecule has 0 radical (unpaired) electrons. The molecule has 1 aromatic carbocycles. The van der Waals surface area contributed by atoms with Crippen LogP contribution in [0.2, 0.25) is 0 Å². The fourth-order valence-electron chi connectivity index (χ4n) is 2.77. The van der Waals surface area contributed by atoms with E-state index in [-0.39, 0.29) is 24.9 Å². The Hall–Kier alpha value is -1.44. The number of benzene rings is 1. The van der Waals surface area contributed by atoms with Gasteiger partial charge in [-0.1, -0.05) is 0 Å². The Balaban J connectivity index is 2.79. The molecule has 1 unspecified atom stereocenters. The van der Waals surface area contributed by atoms with Gasteiger partial charge in [0, 0.05) is 25.6 Å². The van der Waals surface area contributed by atoms with E-state index in [1.54, 1.807) is 0 Å². The zero-order chi connectivity index (χ0) is 19.4. The van der Waals surface area contributed by atoms with Crippen molar-refractivity contribution in [3.63, 3.8) is 0 Å². The van der Waals surface area contributed by atoms with E-state index in [0.717, 1.165) is 27.8 Å². The lowest BCUT2D eigenvalue weighted by Crippen LogP contribution is -2.33. The monoisotopic (exact) mass is 369 g/mol. The predicted octanol–water partition coefficient (Wildman–Crippen LogP) is 1.75. The first-order valence-corrected chi connectivity index (χ1v) is 10.1. The van der Waals surface area contributed by atoms with E-state index in [1.165, 1.54) is 0 Å². The van der Waals surface area contributed by atoms with Crippen LogP contribution in [0.5, 0.6) is 0 Å². The summed E-state index contributed by atoms with van der Waals surface area (Å²) in [7, 11) is -3.66. The number of nitrogens with two attached hydrogens (primary N) is 1. The van der Waals surface area contributed by atoms with Crippen molar-refractivity contribution in [3.05, 3.63) is 27.8 Å². The molecular formula is C18H31N3O3S. The van der Waals surface area contributed by atoms with E-state index in [1.807, 2.05) is 41.5 Å². The Bertz CT molecular complexity index is 711. The summed E-state index contributed by atoms with van der Waals surface area (Å²) in [6.45, 7) is 11.9. The molecule has 4 N–H and O–H groups in total. The molecule has 0 aromatic heterocycles. The van der Waals surface area contributed by atoms with Gasteiger partial charge in [0.2, 0.25) is 15.9 Å². The van der Waals surface area contributed by atoms with Gasteiger partial charge >= 0.3 is 0 Å². The molecular weight excluding hydrogens is 338 g/mol. The van der Waals surface area contributed by atoms with Gasteiger partial charge in [-0.2, -0.15) is 0 Å². The fraction of sp³-hybridized carbons (Fsp3) is 0.611. The van der Waals surface area contributed by atoms with E-state index in [4.69, 9.17) is 5.73 Å². The Morgan fingerprint density at radius 3 is 1.92 bits per heavy atom. The van der Waals surface area contributed by atoms with E-state index < -0.39 is 10.0 Å². The van der Waals surface area contributed by atoms with Crippen LogP contribution in [-0.2, 0) is 14.8 Å². The van der Waals surface area contributed by atoms with Crippen molar-refractivity contribution in [1.29, 1.82) is 0 Å². The number of hydrogen-bond acceptors (Lipinski definition) is 4. The van der Waals surface area contributed by atoms with Gasteiger partial charge in [-0.05, 0) is 75.8 Å². The molecule has 0 fully saturated rings. The average molecular weight is 370 g/mol. The quantitative estimate of drug-likeness (QED) is 0.650. The first-order valence-electron chi connectivity index (χ1n) is 8.58. The molecule has 1 amide bonds. The standard InChI is InChI=1S/C18H31N3O3S/c1-11(19)7-9-20-17(22)8-10-21-25(23,24)18-15(5)13(3)12(2)14(4)16(18)6/h11,21H,7-10,19H2,1-6H3,(H,20,22). The Kier molecular flexibility index (Phi) is 7.59. The minimum absolute atomic E-state index is 0.0257. The molecule has 0 aliphatic heterocycles. The summed E-state index contributed by atoms with van der Waals surface area (Å²) >= 11 is 0. The topological polar surface area (TPSA) is 101 Å². The number of amides is 1. The third-order valence-corrected chi connectivity index (χ3v) is 6.50. The van der Waals surface area contributed by atoms with Gasteiger partial charge in [-0.15, -0.1) is 0 Å². The summed E-state index contributed by atoms with van der Waals surface area (Å²) in [4.78, 5) is 12.1. The molecule has 142 valence electrons. The Morgan fingerprint density at radius 1 is 0.960 bits per heavy atom. The summed E-state index contributed by atoms with van der Waals surface area (Å²) in [5.74, 6) is -0.187. The SMILES string of the molecule is Cc1c(C)c(C)c(S(=O)(=O)NCCC(=O)NCCC(C)N)c(C)c1C. The van der Waals surface area contributed by atoms with Gasteiger partial charge in [0.25, 0.3) is 0 Å². The molecule has 0 aliphatic rings. The van der Waals surface area contributed by atoms with Crippen LogP contribution in [0.25, 0.3) is 0 Å². The molecule has 1 atom stereocenters. The van der Waals surface area contributed by atoms with Crippen LogP contribution in [0.3, 0.4) is 0 Å². The maximum Gasteiger partial charge on any atom is 0.241 e. The van der Waals surface area contributed by atoms with Crippen LogP contribution in [0.1, 0.15) is 47.6 Å². The van der Waals surface area contributed by atoms with Crippen LogP contribution >= 0.6 is 0 Å². The highest BCUT2D eigenvalue weighted by atomic mass is 32.2. The maximum absolute atomic E-state index is 12.7. The number of carbonyl (C=O) groups excluding carboxylic acids is 1. The van der Waals surface area contributed by atoms with Crippen LogP contribution in [-0.4, -0.2) is 33.5 Å². The van der Waals surface area contributed by atoms with Gasteiger partial charge in [0.15, 0.2) is 0 Å². The summed E-state index contributed by atoms with van der Waals surface area (Å²) < 4.78 is 28.0. The normalized spacial score (nSPS) is 12.9. The van der Waals surface area contributed by atoms with Crippen LogP contribution in [0.4, 0.5) is 0 Å². The number of sulfonamides is 1. The lowest BCUT2D eigenvalue weighted by molar-refractivity contribution is -0.120. The number of rotatable bonds is 8. The van der Waals surface area contributed by atoms with Crippen molar-refractivity contribution < 1.29 is 13.2 Å². The smallest absolute Gasteiger partial charge is 0.241 e. The van der Waals surface area contributed by atoms with Gasteiger partial charge in [0.05, 0.1) is 4.90 Å². The zero-order valence-electron chi connectivity index (χ0n) is 16.1. The second-order valence-corrected chi connectivity index (χ2v) is 8.42. The highest BCUT2D eigenvalue weighted by molar-refractivity contribution is 7.89. The lowest BCUT2D eigenvalue weighted by atomic mass is 9.95. The van der Waals surface area contributed by atoms with E-state index in [0.29, 0.717) is 17.9 Å². The molecule has 0 saturated carbocycles.